The SMILES string of the molecule is O=C(Cc1ccn[nH]1)Nc1sc2c(c1C(=O)O)CCC2. The number of carbonyl (C=O) groups is 2. The molecule has 2 heterocycles. The number of carbonyl (C=O) groups excluding carboxylic acids is 1. The predicted molar refractivity (Wildman–Crippen MR) is 74.2 cm³/mol. The van der Waals surface area contributed by atoms with E-state index >= 15 is 0 Å². The lowest BCUT2D eigenvalue weighted by molar-refractivity contribution is -0.115. The first kappa shape index (κ1) is 12.9. The highest BCUT2D eigenvalue weighted by atomic mass is 32.1. The third-order valence-corrected chi connectivity index (χ3v) is 4.50. The number of thiophene rings is 1. The van der Waals surface area contributed by atoms with E-state index in [9.17, 15) is 14.7 Å². The number of carboxylic acids is 1. The summed E-state index contributed by atoms with van der Waals surface area (Å²) < 4.78 is 0. The summed E-state index contributed by atoms with van der Waals surface area (Å²) in [6.45, 7) is 0. The van der Waals surface area contributed by atoms with Gasteiger partial charge in [0.1, 0.15) is 5.00 Å². The summed E-state index contributed by atoms with van der Waals surface area (Å²) in [5.41, 5.74) is 1.85. The number of carboxylic acid groups (broad SMARTS) is 1. The fraction of sp³-hybridized carbons (Fsp3) is 0.308. The Morgan fingerprint density at radius 3 is 3.00 bits per heavy atom. The number of rotatable bonds is 4. The van der Waals surface area contributed by atoms with Gasteiger partial charge in [-0.25, -0.2) is 4.79 Å². The zero-order valence-electron chi connectivity index (χ0n) is 10.6. The summed E-state index contributed by atoms with van der Waals surface area (Å²) in [7, 11) is 0. The quantitative estimate of drug-likeness (QED) is 0.801. The molecule has 0 saturated heterocycles. The van der Waals surface area contributed by atoms with Crippen LogP contribution in [0, 0.1) is 0 Å². The van der Waals surface area contributed by atoms with Gasteiger partial charge in [0.15, 0.2) is 0 Å². The number of fused-ring (bicyclic) bond motifs is 1. The van der Waals surface area contributed by atoms with Gasteiger partial charge in [-0.05, 0) is 30.9 Å². The summed E-state index contributed by atoms with van der Waals surface area (Å²) in [5, 5.41) is 19.0. The molecule has 1 amide bonds. The summed E-state index contributed by atoms with van der Waals surface area (Å²) in [6, 6.07) is 1.71. The minimum absolute atomic E-state index is 0.154. The molecular weight excluding hydrogens is 278 g/mol. The van der Waals surface area contributed by atoms with Crippen LogP contribution in [0.5, 0.6) is 0 Å². The molecule has 0 radical (unpaired) electrons. The Morgan fingerprint density at radius 1 is 1.45 bits per heavy atom. The largest absolute Gasteiger partial charge is 0.478 e. The Labute approximate surface area is 118 Å². The van der Waals surface area contributed by atoms with Crippen molar-refractivity contribution in [2.75, 3.05) is 5.32 Å². The van der Waals surface area contributed by atoms with E-state index in [-0.39, 0.29) is 17.9 Å². The molecule has 0 atom stereocenters. The van der Waals surface area contributed by atoms with Gasteiger partial charge in [0.2, 0.25) is 5.91 Å². The topological polar surface area (TPSA) is 95.1 Å². The number of amides is 1. The number of aromatic carboxylic acids is 1. The maximum atomic E-state index is 11.9. The van der Waals surface area contributed by atoms with Crippen molar-refractivity contribution in [2.24, 2.45) is 0 Å². The molecule has 20 heavy (non-hydrogen) atoms. The molecule has 0 aromatic carbocycles. The third kappa shape index (κ3) is 2.32. The van der Waals surface area contributed by atoms with E-state index in [1.807, 2.05) is 0 Å². The van der Waals surface area contributed by atoms with Gasteiger partial charge in [-0.15, -0.1) is 11.3 Å². The van der Waals surface area contributed by atoms with Crippen molar-refractivity contribution >= 4 is 28.2 Å². The van der Waals surface area contributed by atoms with Gasteiger partial charge in [0.05, 0.1) is 12.0 Å². The Bertz CT molecular complexity index is 661. The zero-order valence-corrected chi connectivity index (χ0v) is 11.4. The van der Waals surface area contributed by atoms with E-state index in [1.54, 1.807) is 12.3 Å². The van der Waals surface area contributed by atoms with Crippen LogP contribution in [-0.4, -0.2) is 27.2 Å². The Kier molecular flexibility index (Phi) is 3.27. The van der Waals surface area contributed by atoms with Crippen molar-refractivity contribution < 1.29 is 14.7 Å². The van der Waals surface area contributed by atoms with Crippen molar-refractivity contribution in [3.8, 4) is 0 Å². The average molecular weight is 291 g/mol. The molecule has 2 aromatic heterocycles. The highest BCUT2D eigenvalue weighted by molar-refractivity contribution is 7.17. The van der Waals surface area contributed by atoms with Crippen LogP contribution in [0.1, 0.15) is 32.9 Å². The first-order valence-corrected chi connectivity index (χ1v) is 7.12. The number of nitrogens with one attached hydrogen (secondary N) is 2. The van der Waals surface area contributed by atoms with Gasteiger partial charge in [0, 0.05) is 16.8 Å². The van der Waals surface area contributed by atoms with Crippen LogP contribution in [-0.2, 0) is 24.1 Å². The number of aryl methyl sites for hydroxylation is 1. The standard InChI is InChI=1S/C13H13N3O3S/c17-10(6-7-4-5-14-16-7)15-12-11(13(18)19)8-2-1-3-9(8)20-12/h4-5H,1-3,6H2,(H,14,16)(H,15,17)(H,18,19). The second-order valence-corrected chi connectivity index (χ2v) is 5.78. The molecule has 0 unspecified atom stereocenters. The van der Waals surface area contributed by atoms with Crippen LogP contribution in [0.25, 0.3) is 0 Å². The van der Waals surface area contributed by atoms with E-state index in [4.69, 9.17) is 0 Å². The van der Waals surface area contributed by atoms with E-state index in [2.05, 4.69) is 15.5 Å². The molecule has 1 aliphatic rings. The molecular formula is C13H13N3O3S. The number of nitrogens with zero attached hydrogens (tertiary/aromatic N) is 1. The van der Waals surface area contributed by atoms with Crippen LogP contribution in [0.2, 0.25) is 0 Å². The van der Waals surface area contributed by atoms with Crippen molar-refractivity contribution in [3.63, 3.8) is 0 Å². The van der Waals surface area contributed by atoms with Gasteiger partial charge in [-0.2, -0.15) is 5.10 Å². The third-order valence-electron chi connectivity index (χ3n) is 3.30. The lowest BCUT2D eigenvalue weighted by Crippen LogP contribution is -2.16. The molecule has 3 rings (SSSR count). The van der Waals surface area contributed by atoms with Crippen LogP contribution in [0.4, 0.5) is 5.00 Å². The van der Waals surface area contributed by atoms with Crippen molar-refractivity contribution in [2.45, 2.75) is 25.7 Å². The van der Waals surface area contributed by atoms with E-state index in [1.165, 1.54) is 11.3 Å². The lowest BCUT2D eigenvalue weighted by Gasteiger charge is -2.04. The maximum Gasteiger partial charge on any atom is 0.339 e. The Balaban J connectivity index is 1.80. The molecule has 0 bridgehead atoms. The van der Waals surface area contributed by atoms with Gasteiger partial charge >= 0.3 is 5.97 Å². The fourth-order valence-electron chi connectivity index (χ4n) is 2.45. The fourth-order valence-corrected chi connectivity index (χ4v) is 3.74. The first-order chi connectivity index (χ1) is 9.65. The Hall–Kier alpha value is -2.15. The van der Waals surface area contributed by atoms with Crippen molar-refractivity contribution in [1.29, 1.82) is 0 Å². The van der Waals surface area contributed by atoms with Gasteiger partial charge < -0.3 is 10.4 Å². The molecule has 7 heteroatoms. The molecule has 0 saturated carbocycles. The smallest absolute Gasteiger partial charge is 0.339 e. The van der Waals surface area contributed by atoms with E-state index in [0.29, 0.717) is 10.7 Å². The number of hydrogen-bond acceptors (Lipinski definition) is 4. The molecule has 1 aliphatic carbocycles. The van der Waals surface area contributed by atoms with Crippen LogP contribution < -0.4 is 5.32 Å². The molecule has 0 spiro atoms. The van der Waals surface area contributed by atoms with Crippen molar-refractivity contribution in [3.05, 3.63) is 34.0 Å². The van der Waals surface area contributed by atoms with Gasteiger partial charge in [-0.3, -0.25) is 9.89 Å². The molecule has 2 aromatic rings. The summed E-state index contributed by atoms with van der Waals surface area (Å²) in [5.74, 6) is -1.21. The average Bonchev–Trinajstić information content (AvgIpc) is 3.04. The minimum atomic E-state index is -0.971. The number of H-pyrrole nitrogens is 1. The van der Waals surface area contributed by atoms with Gasteiger partial charge in [0.25, 0.3) is 0 Å². The maximum absolute atomic E-state index is 11.9. The minimum Gasteiger partial charge on any atom is -0.478 e. The van der Waals surface area contributed by atoms with Crippen LogP contribution >= 0.6 is 11.3 Å². The summed E-state index contributed by atoms with van der Waals surface area (Å²) in [6.07, 6.45) is 4.40. The van der Waals surface area contributed by atoms with Crippen molar-refractivity contribution in [1.82, 2.24) is 10.2 Å². The molecule has 6 nitrogen and oxygen atoms in total. The van der Waals surface area contributed by atoms with E-state index < -0.39 is 5.97 Å². The highest BCUT2D eigenvalue weighted by Gasteiger charge is 2.27. The normalized spacial score (nSPS) is 13.2. The van der Waals surface area contributed by atoms with Crippen LogP contribution in [0.15, 0.2) is 12.3 Å². The second kappa shape index (κ2) is 5.09. The predicted octanol–water partition coefficient (Wildman–Crippen LogP) is 1.84. The first-order valence-electron chi connectivity index (χ1n) is 6.31. The second-order valence-electron chi connectivity index (χ2n) is 4.67. The number of aromatic nitrogens is 2. The molecule has 0 aliphatic heterocycles. The lowest BCUT2D eigenvalue weighted by atomic mass is 10.1. The molecule has 104 valence electrons. The highest BCUT2D eigenvalue weighted by Crippen LogP contribution is 2.39. The summed E-state index contributed by atoms with van der Waals surface area (Å²) >= 11 is 1.38. The summed E-state index contributed by atoms with van der Waals surface area (Å²) in [4.78, 5) is 24.4. The van der Waals surface area contributed by atoms with Crippen LogP contribution in [0.3, 0.4) is 0 Å². The monoisotopic (exact) mass is 291 g/mol. The number of aromatic amines is 1. The number of hydrogen-bond donors (Lipinski definition) is 3. The van der Waals surface area contributed by atoms with E-state index in [0.717, 1.165) is 29.7 Å². The molecule has 3 N–H and O–H groups in total. The van der Waals surface area contributed by atoms with Gasteiger partial charge in [-0.1, -0.05) is 0 Å². The Morgan fingerprint density at radius 2 is 2.30 bits per heavy atom. The number of anilines is 1. The zero-order chi connectivity index (χ0) is 14.1. The molecule has 0 fully saturated rings.